The molecule has 0 saturated heterocycles. The number of carbonyl (C=O) groups is 1. The maximum atomic E-state index is 13.2. The van der Waals surface area contributed by atoms with Gasteiger partial charge in [0.1, 0.15) is 4.34 Å². The van der Waals surface area contributed by atoms with Crippen LogP contribution in [0.2, 0.25) is 8.67 Å². The van der Waals surface area contributed by atoms with Crippen LogP contribution in [-0.4, -0.2) is 43.0 Å². The van der Waals surface area contributed by atoms with Crippen molar-refractivity contribution in [3.8, 4) is 0 Å². The van der Waals surface area contributed by atoms with Crippen molar-refractivity contribution in [2.24, 2.45) is 0 Å². The molecule has 146 valence electrons. The lowest BCUT2D eigenvalue weighted by Crippen LogP contribution is -2.36. The van der Waals surface area contributed by atoms with E-state index in [1.54, 1.807) is 11.0 Å². The average Bonchev–Trinajstić information content (AvgIpc) is 3.10. The van der Waals surface area contributed by atoms with Crippen LogP contribution in [0.25, 0.3) is 10.2 Å². The molecular formula is C18H20Cl3N3OS2. The molecule has 27 heavy (non-hydrogen) atoms. The van der Waals surface area contributed by atoms with Crippen molar-refractivity contribution in [1.29, 1.82) is 0 Å². The van der Waals surface area contributed by atoms with Crippen LogP contribution in [0.15, 0.2) is 18.2 Å². The molecule has 3 aromatic rings. The van der Waals surface area contributed by atoms with Crippen molar-refractivity contribution in [2.45, 2.75) is 13.8 Å². The highest BCUT2D eigenvalue weighted by Gasteiger charge is 2.25. The Hall–Kier alpha value is -0.890. The first-order chi connectivity index (χ1) is 12.3. The molecule has 3 rings (SSSR count). The molecule has 2 aromatic heterocycles. The number of carbonyl (C=O) groups excluding carboxylic acids is 1. The second-order valence-electron chi connectivity index (χ2n) is 6.42. The minimum absolute atomic E-state index is 0. The first-order valence-corrected chi connectivity index (χ1v) is 10.4. The molecule has 0 atom stereocenters. The molecule has 4 nitrogen and oxygen atoms in total. The Kier molecular flexibility index (Phi) is 7.53. The molecule has 0 radical (unpaired) electrons. The Morgan fingerprint density at radius 2 is 1.81 bits per heavy atom. The second kappa shape index (κ2) is 9.07. The van der Waals surface area contributed by atoms with Crippen molar-refractivity contribution in [1.82, 2.24) is 9.88 Å². The number of anilines is 1. The number of rotatable bonds is 5. The van der Waals surface area contributed by atoms with E-state index >= 15 is 0 Å². The predicted octanol–water partition coefficient (Wildman–Crippen LogP) is 5.91. The summed E-state index contributed by atoms with van der Waals surface area (Å²) in [6, 6.07) is 5.84. The summed E-state index contributed by atoms with van der Waals surface area (Å²) < 4.78 is 1.99. The van der Waals surface area contributed by atoms with Crippen LogP contribution in [0.1, 0.15) is 21.5 Å². The number of likely N-dealkylation sites (N-methyl/N-ethyl adjacent to an activating group) is 1. The predicted molar refractivity (Wildman–Crippen MR) is 121 cm³/mol. The van der Waals surface area contributed by atoms with Crippen molar-refractivity contribution in [3.05, 3.63) is 43.6 Å². The van der Waals surface area contributed by atoms with Crippen LogP contribution in [0.4, 0.5) is 5.13 Å². The lowest BCUT2D eigenvalue weighted by molar-refractivity contribution is 0.0986. The van der Waals surface area contributed by atoms with Gasteiger partial charge < -0.3 is 4.90 Å². The van der Waals surface area contributed by atoms with Gasteiger partial charge in [-0.3, -0.25) is 9.69 Å². The third kappa shape index (κ3) is 4.94. The molecule has 9 heteroatoms. The highest BCUT2D eigenvalue weighted by Crippen LogP contribution is 2.35. The molecule has 0 bridgehead atoms. The lowest BCUT2D eigenvalue weighted by Gasteiger charge is -2.21. The lowest BCUT2D eigenvalue weighted by atomic mass is 10.1. The van der Waals surface area contributed by atoms with Gasteiger partial charge in [-0.05, 0) is 51.2 Å². The first-order valence-electron chi connectivity index (χ1n) is 8.05. The fraction of sp³-hybridized carbons (Fsp3) is 0.333. The maximum Gasteiger partial charge on any atom is 0.262 e. The van der Waals surface area contributed by atoms with E-state index in [0.29, 0.717) is 25.9 Å². The monoisotopic (exact) mass is 463 g/mol. The third-order valence-corrected chi connectivity index (χ3v) is 6.47. The van der Waals surface area contributed by atoms with Gasteiger partial charge in [-0.1, -0.05) is 40.6 Å². The van der Waals surface area contributed by atoms with Crippen LogP contribution in [-0.2, 0) is 0 Å². The van der Waals surface area contributed by atoms with E-state index in [1.165, 1.54) is 28.2 Å². The number of nitrogens with zero attached hydrogens (tertiary/aromatic N) is 3. The fourth-order valence-corrected chi connectivity index (χ4v) is 5.30. The van der Waals surface area contributed by atoms with Gasteiger partial charge in [0.25, 0.3) is 5.91 Å². The van der Waals surface area contributed by atoms with Gasteiger partial charge in [0, 0.05) is 13.1 Å². The topological polar surface area (TPSA) is 36.4 Å². The molecule has 1 amide bonds. The van der Waals surface area contributed by atoms with Gasteiger partial charge in [0.2, 0.25) is 0 Å². The normalized spacial score (nSPS) is 11.1. The molecule has 0 spiro atoms. The number of thiazole rings is 1. The average molecular weight is 465 g/mol. The number of hydrogen-bond acceptors (Lipinski definition) is 5. The zero-order chi connectivity index (χ0) is 19.0. The van der Waals surface area contributed by atoms with Gasteiger partial charge in [-0.25, -0.2) is 4.98 Å². The van der Waals surface area contributed by atoms with E-state index in [9.17, 15) is 4.79 Å². The van der Waals surface area contributed by atoms with Gasteiger partial charge >= 0.3 is 0 Å². The van der Waals surface area contributed by atoms with Gasteiger partial charge in [0.15, 0.2) is 5.13 Å². The summed E-state index contributed by atoms with van der Waals surface area (Å²) in [6.45, 7) is 5.34. The zero-order valence-corrected chi connectivity index (χ0v) is 19.3. The molecule has 0 aliphatic carbocycles. The molecule has 0 unspecified atom stereocenters. The molecule has 1 aromatic carbocycles. The summed E-state index contributed by atoms with van der Waals surface area (Å²) in [5.41, 5.74) is 3.66. The van der Waals surface area contributed by atoms with Crippen LogP contribution < -0.4 is 4.90 Å². The minimum atomic E-state index is -0.173. The second-order valence-corrected chi connectivity index (χ2v) is 9.72. The van der Waals surface area contributed by atoms with Crippen molar-refractivity contribution < 1.29 is 4.79 Å². The molecule has 0 saturated carbocycles. The molecular weight excluding hydrogens is 445 g/mol. The number of amides is 1. The number of hydrogen-bond donors (Lipinski definition) is 0. The quantitative estimate of drug-likeness (QED) is 0.471. The fourth-order valence-electron chi connectivity index (χ4n) is 2.69. The van der Waals surface area contributed by atoms with E-state index in [4.69, 9.17) is 28.2 Å². The van der Waals surface area contributed by atoms with E-state index in [1.807, 2.05) is 25.9 Å². The Balaban J connectivity index is 0.00000261. The summed E-state index contributed by atoms with van der Waals surface area (Å²) in [4.78, 5) is 21.6. The molecule has 0 fully saturated rings. The zero-order valence-electron chi connectivity index (χ0n) is 15.4. The highest BCUT2D eigenvalue weighted by atomic mass is 35.5. The first kappa shape index (κ1) is 22.4. The summed E-state index contributed by atoms with van der Waals surface area (Å²) >= 11 is 15.0. The third-order valence-electron chi connectivity index (χ3n) is 3.95. The Morgan fingerprint density at radius 3 is 2.41 bits per heavy atom. The van der Waals surface area contributed by atoms with E-state index in [2.05, 4.69) is 19.1 Å². The molecule has 0 aliphatic rings. The summed E-state index contributed by atoms with van der Waals surface area (Å²) in [7, 11) is 3.95. The number of halogens is 3. The molecule has 0 N–H and O–H groups in total. The van der Waals surface area contributed by atoms with Crippen molar-refractivity contribution >= 4 is 79.5 Å². The van der Waals surface area contributed by atoms with Gasteiger partial charge in [0.05, 0.1) is 20.1 Å². The smallest absolute Gasteiger partial charge is 0.262 e. The summed E-state index contributed by atoms with van der Waals surface area (Å²) in [6.07, 6.45) is 0. The number of thiophene rings is 1. The number of benzene rings is 1. The number of fused-ring (bicyclic) bond motifs is 1. The van der Waals surface area contributed by atoms with Crippen LogP contribution >= 0.6 is 58.3 Å². The standard InChI is InChI=1S/C18H19Cl2N3OS2.ClH/c1-10-7-11(2)15-13(8-10)25-18(21-15)23(6-5-22(3)4)17(24)12-9-14(19)26-16(12)20;/h7-9H,5-6H2,1-4H3;1H. The van der Waals surface area contributed by atoms with Crippen molar-refractivity contribution in [2.75, 3.05) is 32.1 Å². The largest absolute Gasteiger partial charge is 0.308 e. The number of aromatic nitrogens is 1. The summed E-state index contributed by atoms with van der Waals surface area (Å²) in [5.74, 6) is -0.173. The van der Waals surface area contributed by atoms with Crippen LogP contribution in [0.3, 0.4) is 0 Å². The van der Waals surface area contributed by atoms with Crippen LogP contribution in [0, 0.1) is 13.8 Å². The Bertz CT molecular complexity index is 968. The minimum Gasteiger partial charge on any atom is -0.308 e. The molecule has 0 aliphatic heterocycles. The highest BCUT2D eigenvalue weighted by molar-refractivity contribution is 7.22. The van der Waals surface area contributed by atoms with E-state index < -0.39 is 0 Å². The Morgan fingerprint density at radius 1 is 1.11 bits per heavy atom. The van der Waals surface area contributed by atoms with Gasteiger partial charge in [-0.2, -0.15) is 0 Å². The SMILES string of the molecule is Cc1cc(C)c2nc(N(CCN(C)C)C(=O)c3cc(Cl)sc3Cl)sc2c1.Cl. The van der Waals surface area contributed by atoms with Crippen LogP contribution in [0.5, 0.6) is 0 Å². The van der Waals surface area contributed by atoms with Crippen molar-refractivity contribution in [3.63, 3.8) is 0 Å². The summed E-state index contributed by atoms with van der Waals surface area (Å²) in [5, 5.41) is 0.680. The Labute approximate surface area is 183 Å². The van der Waals surface area contributed by atoms with E-state index in [0.717, 1.165) is 22.3 Å². The number of aryl methyl sites for hydroxylation is 2. The molecule has 2 heterocycles. The van der Waals surface area contributed by atoms with E-state index in [-0.39, 0.29) is 18.3 Å². The van der Waals surface area contributed by atoms with Gasteiger partial charge in [-0.15, -0.1) is 23.7 Å². The maximum absolute atomic E-state index is 13.2.